The zero-order chi connectivity index (χ0) is 30.0. The number of alkyl halides is 3. The lowest BCUT2D eigenvalue weighted by Gasteiger charge is -2.21. The van der Waals surface area contributed by atoms with E-state index in [4.69, 9.17) is 0 Å². The van der Waals surface area contributed by atoms with E-state index in [9.17, 15) is 26.7 Å². The zero-order valence-electron chi connectivity index (χ0n) is 23.1. The van der Waals surface area contributed by atoms with Crippen LogP contribution in [0.4, 0.5) is 22.0 Å². The van der Waals surface area contributed by atoms with Crippen molar-refractivity contribution in [1.29, 1.82) is 0 Å². The summed E-state index contributed by atoms with van der Waals surface area (Å²) in [6.45, 7) is 4.28. The first-order valence-corrected chi connectivity index (χ1v) is 14.3. The fourth-order valence-electron chi connectivity index (χ4n) is 4.57. The van der Waals surface area contributed by atoms with Gasteiger partial charge in [0.2, 0.25) is 0 Å². The van der Waals surface area contributed by atoms with Crippen LogP contribution in [0, 0.1) is 11.6 Å². The molecule has 0 aliphatic rings. The molecule has 0 fully saturated rings. The maximum atomic E-state index is 13.9. The van der Waals surface area contributed by atoms with Crippen LogP contribution < -0.4 is 10.6 Å². The summed E-state index contributed by atoms with van der Waals surface area (Å²) < 4.78 is 67.6. The van der Waals surface area contributed by atoms with Crippen LogP contribution in [0.1, 0.15) is 58.8 Å². The van der Waals surface area contributed by atoms with E-state index < -0.39 is 29.4 Å². The second kappa shape index (κ2) is 15.4. The third-order valence-electron chi connectivity index (χ3n) is 6.56. The number of hydrogen-bond acceptors (Lipinski definition) is 3. The Morgan fingerprint density at radius 3 is 2.39 bits per heavy atom. The minimum Gasteiger partial charge on any atom is -0.349 e. The first kappa shape index (κ1) is 32.7. The van der Waals surface area contributed by atoms with E-state index in [2.05, 4.69) is 38.4 Å². The quantitative estimate of drug-likeness (QED) is 0.142. The monoisotopic (exact) mass is 639 g/mol. The predicted molar refractivity (Wildman–Crippen MR) is 154 cm³/mol. The van der Waals surface area contributed by atoms with Gasteiger partial charge in [-0.05, 0) is 92.5 Å². The molecule has 0 unspecified atom stereocenters. The molecule has 1 atom stereocenters. The molecule has 3 rings (SSSR count). The molecular formula is C31H35BrF5N3O. The third kappa shape index (κ3) is 11.2. The fraction of sp³-hybridized carbons (Fsp3) is 0.387. The van der Waals surface area contributed by atoms with Crippen LogP contribution in [-0.4, -0.2) is 37.0 Å². The Bertz CT molecular complexity index is 1280. The van der Waals surface area contributed by atoms with Crippen molar-refractivity contribution in [1.82, 2.24) is 15.5 Å². The molecule has 0 aliphatic carbocycles. The maximum absolute atomic E-state index is 13.9. The molecule has 3 aromatic carbocycles. The minimum absolute atomic E-state index is 0.173. The van der Waals surface area contributed by atoms with Crippen molar-refractivity contribution >= 4 is 21.8 Å². The van der Waals surface area contributed by atoms with Crippen molar-refractivity contribution in [2.45, 2.75) is 57.9 Å². The topological polar surface area (TPSA) is 44.4 Å². The molecule has 4 nitrogen and oxygen atoms in total. The second-order valence-corrected chi connectivity index (χ2v) is 11.2. The van der Waals surface area contributed by atoms with Crippen LogP contribution in [0.2, 0.25) is 0 Å². The highest BCUT2D eigenvalue weighted by molar-refractivity contribution is 9.10. The normalized spacial score (nSPS) is 12.5. The summed E-state index contributed by atoms with van der Waals surface area (Å²) >= 11 is 3.49. The predicted octanol–water partition coefficient (Wildman–Crippen LogP) is 7.50. The van der Waals surface area contributed by atoms with Crippen LogP contribution in [0.3, 0.4) is 0 Å². The van der Waals surface area contributed by atoms with Crippen LogP contribution >= 0.6 is 15.9 Å². The van der Waals surface area contributed by atoms with Gasteiger partial charge in [-0.2, -0.15) is 13.2 Å². The molecule has 3 aromatic rings. The van der Waals surface area contributed by atoms with E-state index in [1.54, 1.807) is 12.1 Å². The molecule has 0 bridgehead atoms. The SMILES string of the molecule is CCCCN(C)Cc1cc(Br)cc(C(=O)N[C@H](CCNCc2cccc(C(F)(F)F)c2)Cc2cc(F)cc(F)c2)c1. The summed E-state index contributed by atoms with van der Waals surface area (Å²) in [4.78, 5) is 15.5. The molecule has 0 saturated heterocycles. The van der Waals surface area contributed by atoms with Crippen LogP contribution in [0.15, 0.2) is 65.1 Å². The van der Waals surface area contributed by atoms with Gasteiger partial charge in [0, 0.05) is 35.2 Å². The van der Waals surface area contributed by atoms with Crippen LogP contribution in [-0.2, 0) is 25.7 Å². The first-order chi connectivity index (χ1) is 19.4. The molecule has 0 aliphatic heterocycles. The smallest absolute Gasteiger partial charge is 0.349 e. The Morgan fingerprint density at radius 2 is 1.71 bits per heavy atom. The van der Waals surface area contributed by atoms with Crippen molar-refractivity contribution in [2.75, 3.05) is 20.1 Å². The molecule has 10 heteroatoms. The number of hydrogen-bond donors (Lipinski definition) is 2. The van der Waals surface area contributed by atoms with E-state index in [-0.39, 0.29) is 18.9 Å². The number of nitrogens with one attached hydrogen (secondary N) is 2. The van der Waals surface area contributed by atoms with E-state index in [1.165, 1.54) is 18.2 Å². The molecule has 0 spiro atoms. The molecule has 0 heterocycles. The maximum Gasteiger partial charge on any atom is 0.416 e. The highest BCUT2D eigenvalue weighted by Crippen LogP contribution is 2.29. The van der Waals surface area contributed by atoms with Crippen molar-refractivity contribution in [2.24, 2.45) is 0 Å². The largest absolute Gasteiger partial charge is 0.416 e. The van der Waals surface area contributed by atoms with Gasteiger partial charge in [0.25, 0.3) is 5.91 Å². The lowest BCUT2D eigenvalue weighted by atomic mass is 10.0. The number of halogens is 6. The number of rotatable bonds is 14. The Labute approximate surface area is 246 Å². The van der Waals surface area contributed by atoms with E-state index in [0.29, 0.717) is 36.2 Å². The molecule has 0 radical (unpaired) electrons. The molecule has 222 valence electrons. The van der Waals surface area contributed by atoms with E-state index in [0.717, 1.165) is 47.6 Å². The van der Waals surface area contributed by atoms with Crippen molar-refractivity contribution in [3.63, 3.8) is 0 Å². The van der Waals surface area contributed by atoms with Gasteiger partial charge in [-0.15, -0.1) is 0 Å². The number of unbranched alkanes of at least 4 members (excludes halogenated alkanes) is 1. The molecule has 41 heavy (non-hydrogen) atoms. The van der Waals surface area contributed by atoms with E-state index >= 15 is 0 Å². The first-order valence-electron chi connectivity index (χ1n) is 13.5. The fourth-order valence-corrected chi connectivity index (χ4v) is 5.11. The Kier molecular flexibility index (Phi) is 12.3. The lowest BCUT2D eigenvalue weighted by molar-refractivity contribution is -0.137. The third-order valence-corrected chi connectivity index (χ3v) is 7.02. The molecular weight excluding hydrogens is 605 g/mol. The Balaban J connectivity index is 1.70. The van der Waals surface area contributed by atoms with Gasteiger partial charge >= 0.3 is 6.18 Å². The second-order valence-electron chi connectivity index (χ2n) is 10.3. The van der Waals surface area contributed by atoms with Crippen LogP contribution in [0.5, 0.6) is 0 Å². The number of benzene rings is 3. The lowest BCUT2D eigenvalue weighted by Crippen LogP contribution is -2.38. The number of carbonyl (C=O) groups excluding carboxylic acids is 1. The van der Waals surface area contributed by atoms with Crippen molar-refractivity contribution in [3.05, 3.63) is 105 Å². The number of nitrogens with zero attached hydrogens (tertiary/aromatic N) is 1. The summed E-state index contributed by atoms with van der Waals surface area (Å²) in [5.74, 6) is -1.75. The minimum atomic E-state index is -4.43. The van der Waals surface area contributed by atoms with Gasteiger partial charge in [0.05, 0.1) is 5.56 Å². The van der Waals surface area contributed by atoms with Crippen molar-refractivity contribution < 1.29 is 26.7 Å². The Morgan fingerprint density at radius 1 is 0.976 bits per heavy atom. The van der Waals surface area contributed by atoms with Crippen LogP contribution in [0.25, 0.3) is 0 Å². The molecule has 0 saturated carbocycles. The highest BCUT2D eigenvalue weighted by Gasteiger charge is 2.30. The highest BCUT2D eigenvalue weighted by atomic mass is 79.9. The molecule has 2 N–H and O–H groups in total. The summed E-state index contributed by atoms with van der Waals surface area (Å²) in [5, 5.41) is 6.09. The van der Waals surface area contributed by atoms with Gasteiger partial charge in [-0.25, -0.2) is 8.78 Å². The van der Waals surface area contributed by atoms with Gasteiger partial charge in [0.15, 0.2) is 0 Å². The number of amides is 1. The summed E-state index contributed by atoms with van der Waals surface area (Å²) in [6.07, 6.45) is -1.72. The number of carbonyl (C=O) groups is 1. The Hall–Kier alpha value is -2.82. The average Bonchev–Trinajstić information content (AvgIpc) is 2.88. The average molecular weight is 641 g/mol. The van der Waals surface area contributed by atoms with Crippen molar-refractivity contribution in [3.8, 4) is 0 Å². The molecule has 1 amide bonds. The van der Waals surface area contributed by atoms with Gasteiger partial charge in [-0.1, -0.05) is 47.5 Å². The van der Waals surface area contributed by atoms with Gasteiger partial charge in [-0.3, -0.25) is 4.79 Å². The zero-order valence-corrected chi connectivity index (χ0v) is 24.7. The summed E-state index contributed by atoms with van der Waals surface area (Å²) in [5.41, 5.74) is 1.55. The standard InChI is InChI=1S/C31H35BrF5N3O/c1-3-4-10-40(2)20-23-11-24(17-26(32)13-23)30(41)39-29(16-22-14-27(33)18-28(34)15-22)8-9-38-19-21-6-5-7-25(12-21)31(35,36)37/h5-7,11-15,17-18,29,38H,3-4,8-10,16,19-20H2,1-2H3,(H,39,41)/t29-/m1/s1. The molecule has 0 aromatic heterocycles. The summed E-state index contributed by atoms with van der Waals surface area (Å²) in [7, 11) is 2.02. The summed E-state index contributed by atoms with van der Waals surface area (Å²) in [6, 6.07) is 13.3. The van der Waals surface area contributed by atoms with Gasteiger partial charge in [0.1, 0.15) is 11.6 Å². The van der Waals surface area contributed by atoms with E-state index in [1.807, 2.05) is 19.2 Å². The van der Waals surface area contributed by atoms with Gasteiger partial charge < -0.3 is 15.5 Å².